The summed E-state index contributed by atoms with van der Waals surface area (Å²) in [5.41, 5.74) is 1.36. The second-order valence-corrected chi connectivity index (χ2v) is 23.8. The summed E-state index contributed by atoms with van der Waals surface area (Å²) in [7, 11) is 0. The van der Waals surface area contributed by atoms with Gasteiger partial charge in [0.1, 0.15) is 46.5 Å². The van der Waals surface area contributed by atoms with Crippen molar-refractivity contribution in [3.05, 3.63) is 108 Å². The number of anilines is 1. The number of amides is 3. The molecule has 79 heavy (non-hydrogen) atoms. The van der Waals surface area contributed by atoms with Crippen LogP contribution in [0.4, 0.5) is 19.0 Å². The van der Waals surface area contributed by atoms with Crippen LogP contribution < -0.4 is 25.6 Å². The van der Waals surface area contributed by atoms with E-state index in [4.69, 9.17) is 14.7 Å². The Bertz CT molecular complexity index is 3300. The van der Waals surface area contributed by atoms with Gasteiger partial charge in [-0.15, -0.1) is 0 Å². The summed E-state index contributed by atoms with van der Waals surface area (Å²) in [5.74, 6) is -2.29. The number of fused-ring (bicyclic) bond motifs is 4. The second-order valence-electron chi connectivity index (χ2n) is 23.8. The summed E-state index contributed by atoms with van der Waals surface area (Å²) >= 11 is 0. The fraction of sp³-hybridized carbons (Fsp3) is 0.475. The third-order valence-corrected chi connectivity index (χ3v) is 17.1. The van der Waals surface area contributed by atoms with Gasteiger partial charge in [0.15, 0.2) is 5.82 Å². The van der Waals surface area contributed by atoms with Gasteiger partial charge in [-0.05, 0) is 116 Å². The SMILES string of the molecule is CCc1c(F)ccc2cc(O)cc(-c3ncc4c(N5CC6CCC(C5)N6)nc(OCC5(CN6CCCC[C@H]6C(=O)N[C@H](C(=O)N6C[C@H](O)C[C@H]6C(=O)N[C@@H](C)c6ccc(-c7ccccc7F)cc6)C(C)(C)C)CC5)nc4c3F)c12. The number of ether oxygens (including phenoxy) is 1. The first-order valence-corrected chi connectivity index (χ1v) is 28.0. The molecule has 0 spiro atoms. The van der Waals surface area contributed by atoms with Gasteiger partial charge in [-0.1, -0.05) is 82.6 Å². The van der Waals surface area contributed by atoms with Crippen molar-refractivity contribution in [2.75, 3.05) is 44.2 Å². The molecule has 2 bridgehead atoms. The molecule has 6 heterocycles. The molecule has 1 saturated carbocycles. The summed E-state index contributed by atoms with van der Waals surface area (Å²) in [4.78, 5) is 63.4. The minimum atomic E-state index is -1.02. The van der Waals surface area contributed by atoms with Crippen molar-refractivity contribution in [3.8, 4) is 34.1 Å². The van der Waals surface area contributed by atoms with Crippen LogP contribution >= 0.6 is 0 Å². The lowest BCUT2D eigenvalue weighted by Crippen LogP contribution is -2.61. The number of benzene rings is 4. The van der Waals surface area contributed by atoms with Crippen molar-refractivity contribution >= 4 is 45.2 Å². The molecule has 7 atom stereocenters. The van der Waals surface area contributed by atoms with E-state index in [2.05, 4.69) is 30.7 Å². The predicted octanol–water partition coefficient (Wildman–Crippen LogP) is 8.52. The summed E-state index contributed by atoms with van der Waals surface area (Å²) in [5, 5.41) is 33.0. The minimum Gasteiger partial charge on any atom is -0.508 e. The summed E-state index contributed by atoms with van der Waals surface area (Å²) in [6.07, 6.45) is 6.89. The molecule has 1 aliphatic carbocycles. The van der Waals surface area contributed by atoms with Gasteiger partial charge >= 0.3 is 6.01 Å². The highest BCUT2D eigenvalue weighted by molar-refractivity contribution is 6.02. The standard InChI is InChI=1S/C61H70F3N9O6/c1-6-42-47(63)21-18-37-25-40(74)26-44(50(37)42)52-51(64)53-45(28-65-52)55(72-29-38-19-20-39(30-72)67-38)70-59(68-53)79-33-61(22-23-61)32-71-24-10-9-13-48(71)56(76)69-54(60(3,4)5)58(78)73-31-41(75)27-49(73)57(77)66-34(2)35-14-16-36(17-15-35)43-11-7-8-12-46(43)62/h7-8,11-12,14-18,21,25-26,28,34,38-39,41,48-49,54,67,74-75H,6,9-10,13,19-20,22-24,27,29-33H2,1-5H3,(H,66,77)(H,69,76)/t34-,38?,39?,41+,48-,49-,54+/m0/s1. The van der Waals surface area contributed by atoms with E-state index in [0.29, 0.717) is 77.7 Å². The summed E-state index contributed by atoms with van der Waals surface area (Å²) < 4.78 is 53.7. The molecular formula is C61H70F3N9O6. The van der Waals surface area contributed by atoms with Gasteiger partial charge in [0, 0.05) is 67.4 Å². The van der Waals surface area contributed by atoms with Crippen LogP contribution in [0.2, 0.25) is 0 Å². The van der Waals surface area contributed by atoms with E-state index in [0.717, 1.165) is 44.1 Å². The van der Waals surface area contributed by atoms with E-state index in [9.17, 15) is 29.0 Å². The Morgan fingerprint density at radius 3 is 2.32 bits per heavy atom. The number of rotatable bonds is 15. The number of hydrogen-bond acceptors (Lipinski definition) is 12. The molecule has 6 aromatic rings. The molecule has 416 valence electrons. The van der Waals surface area contributed by atoms with Crippen LogP contribution in [0, 0.1) is 28.3 Å². The van der Waals surface area contributed by atoms with Gasteiger partial charge < -0.3 is 40.7 Å². The number of aromatic nitrogens is 3. The number of β-amino-alcohol motifs (C(OH)–C–C–N with tert-alkyl or cyclic N) is 1. The average molecular weight is 1080 g/mol. The lowest BCUT2D eigenvalue weighted by atomic mass is 9.85. The van der Waals surface area contributed by atoms with Crippen molar-refractivity contribution in [3.63, 3.8) is 0 Å². The Kier molecular flexibility index (Phi) is 14.8. The zero-order valence-electron chi connectivity index (χ0n) is 45.5. The topological polar surface area (TPSA) is 185 Å². The Labute approximate surface area is 458 Å². The number of carbonyl (C=O) groups excluding carboxylic acids is 3. The number of phenolic OH excluding ortho intramolecular Hbond substituents is 1. The van der Waals surface area contributed by atoms with E-state index >= 15 is 8.78 Å². The lowest BCUT2D eigenvalue weighted by Gasteiger charge is -2.40. The monoisotopic (exact) mass is 1080 g/mol. The number of aliphatic hydroxyl groups is 1. The Morgan fingerprint density at radius 1 is 0.873 bits per heavy atom. The van der Waals surface area contributed by atoms with Gasteiger partial charge in [0.2, 0.25) is 17.7 Å². The number of likely N-dealkylation sites (tertiary alicyclic amines) is 2. The molecule has 0 radical (unpaired) electrons. The molecular weight excluding hydrogens is 1010 g/mol. The van der Waals surface area contributed by atoms with Gasteiger partial charge in [0.05, 0.1) is 30.2 Å². The number of nitrogens with one attached hydrogen (secondary N) is 3. The zero-order chi connectivity index (χ0) is 55.5. The van der Waals surface area contributed by atoms with Gasteiger partial charge in [-0.3, -0.25) is 24.3 Å². The highest BCUT2D eigenvalue weighted by atomic mass is 19.1. The van der Waals surface area contributed by atoms with Crippen molar-refractivity contribution in [1.29, 1.82) is 0 Å². The predicted molar refractivity (Wildman–Crippen MR) is 296 cm³/mol. The molecule has 15 nitrogen and oxygen atoms in total. The van der Waals surface area contributed by atoms with Crippen LogP contribution in [-0.2, 0) is 20.8 Å². The number of piperidine rings is 1. The van der Waals surface area contributed by atoms with Crippen molar-refractivity contribution in [1.82, 2.24) is 40.7 Å². The molecule has 18 heteroatoms. The number of halogens is 3. The number of hydrogen-bond donors (Lipinski definition) is 5. The van der Waals surface area contributed by atoms with Crippen molar-refractivity contribution in [2.45, 2.75) is 135 Å². The normalized spacial score (nSPS) is 22.7. The molecule has 5 fully saturated rings. The second kappa shape index (κ2) is 21.6. The summed E-state index contributed by atoms with van der Waals surface area (Å²) in [6, 6.07) is 17.1. The maximum absolute atomic E-state index is 17.4. The lowest BCUT2D eigenvalue weighted by molar-refractivity contribution is -0.145. The van der Waals surface area contributed by atoms with Crippen LogP contribution in [0.3, 0.4) is 0 Å². The largest absolute Gasteiger partial charge is 0.508 e. The number of carbonyl (C=O) groups is 3. The number of piperazine rings is 1. The van der Waals surface area contributed by atoms with Gasteiger partial charge in [0.25, 0.3) is 0 Å². The Morgan fingerprint density at radius 2 is 1.61 bits per heavy atom. The van der Waals surface area contributed by atoms with E-state index in [1.807, 2.05) is 46.8 Å². The number of pyridine rings is 1. The molecule has 2 aromatic heterocycles. The van der Waals surface area contributed by atoms with Crippen LogP contribution in [0.5, 0.6) is 11.8 Å². The van der Waals surface area contributed by atoms with Gasteiger partial charge in [-0.25, -0.2) is 13.2 Å². The highest BCUT2D eigenvalue weighted by Gasteiger charge is 2.49. The molecule has 11 rings (SSSR count). The zero-order valence-corrected chi connectivity index (χ0v) is 45.5. The minimum absolute atomic E-state index is 0.0000111. The number of aromatic hydroxyl groups is 1. The molecule has 5 aliphatic rings. The highest BCUT2D eigenvalue weighted by Crippen LogP contribution is 2.48. The van der Waals surface area contributed by atoms with Crippen molar-refractivity contribution in [2.24, 2.45) is 10.8 Å². The summed E-state index contributed by atoms with van der Waals surface area (Å²) in [6.45, 7) is 11.9. The van der Waals surface area contributed by atoms with Crippen LogP contribution in [0.1, 0.15) is 103 Å². The Balaban J connectivity index is 0.800. The quantitative estimate of drug-likeness (QED) is 0.0662. The van der Waals surface area contributed by atoms with E-state index in [1.165, 1.54) is 29.2 Å². The first kappa shape index (κ1) is 54.1. The first-order chi connectivity index (χ1) is 37.9. The van der Waals surface area contributed by atoms with Crippen LogP contribution in [-0.4, -0.2) is 128 Å². The molecule has 4 aliphatic heterocycles. The molecule has 4 saturated heterocycles. The maximum atomic E-state index is 17.4. The number of nitrogens with zero attached hydrogens (tertiary/aromatic N) is 6. The third-order valence-electron chi connectivity index (χ3n) is 17.1. The number of aliphatic hydroxyl groups excluding tert-OH is 1. The molecule has 5 N–H and O–H groups in total. The third kappa shape index (κ3) is 11.0. The molecule has 4 aromatic carbocycles. The maximum Gasteiger partial charge on any atom is 0.319 e. The number of aryl methyl sites for hydroxylation is 1. The first-order valence-electron chi connectivity index (χ1n) is 28.0. The van der Waals surface area contributed by atoms with Crippen molar-refractivity contribution < 1.29 is 42.5 Å². The van der Waals surface area contributed by atoms with E-state index in [-0.39, 0.29) is 77.3 Å². The van der Waals surface area contributed by atoms with E-state index in [1.54, 1.807) is 42.6 Å². The fourth-order valence-corrected chi connectivity index (χ4v) is 12.6. The number of phenols is 1. The smallest absolute Gasteiger partial charge is 0.319 e. The molecule has 3 amide bonds. The molecule has 2 unspecified atom stereocenters. The Hall–Kier alpha value is -6.89. The van der Waals surface area contributed by atoms with E-state index < -0.39 is 59.1 Å². The average Bonchev–Trinajstić information content (AvgIpc) is 4.10. The van der Waals surface area contributed by atoms with Crippen LogP contribution in [0.25, 0.3) is 44.1 Å². The fourth-order valence-electron chi connectivity index (χ4n) is 12.6. The van der Waals surface area contributed by atoms with Gasteiger partial charge in [-0.2, -0.15) is 9.97 Å². The van der Waals surface area contributed by atoms with Crippen LogP contribution in [0.15, 0.2) is 79.0 Å².